The molecule has 0 aliphatic carbocycles. The number of fused-ring (bicyclic) bond motifs is 4. The number of carbonyl (C=O) groups excluding carboxylic acids is 4. The van der Waals surface area contributed by atoms with Gasteiger partial charge in [-0.3, -0.25) is 39.8 Å². The first-order valence-electron chi connectivity index (χ1n) is 24.0. The summed E-state index contributed by atoms with van der Waals surface area (Å²) >= 11 is 2.50. The second kappa shape index (κ2) is 33.7. The van der Waals surface area contributed by atoms with E-state index in [9.17, 15) is 39.4 Å². The van der Waals surface area contributed by atoms with Crippen LogP contribution in [0.1, 0.15) is 81.4 Å². The number of ether oxygens (including phenoxy) is 6. The molecule has 4 bridgehead atoms. The maximum atomic E-state index is 13.0. The third kappa shape index (κ3) is 21.5. The molecule has 0 saturated carbocycles. The van der Waals surface area contributed by atoms with E-state index in [2.05, 4.69) is 23.1 Å². The molecular weight excluding hydrogens is 1070 g/mol. The first-order chi connectivity index (χ1) is 35.9. The Kier molecular flexibility index (Phi) is 30.4. The van der Waals surface area contributed by atoms with Gasteiger partial charge in [-0.25, -0.2) is 19.2 Å². The molecular formula is C52H70K2N10O14. The number of nitrogens with zero attached hydrogens (tertiary/aromatic N) is 8. The van der Waals surface area contributed by atoms with Crippen molar-refractivity contribution in [1.29, 1.82) is 0 Å². The third-order valence-electron chi connectivity index (χ3n) is 9.67. The molecule has 26 heteroatoms. The normalized spacial score (nSPS) is 12.2. The molecule has 1 aliphatic rings. The van der Waals surface area contributed by atoms with Gasteiger partial charge in [-0.05, 0) is 96.9 Å². The second-order valence-corrected chi connectivity index (χ2v) is 17.7. The van der Waals surface area contributed by atoms with E-state index in [-0.39, 0.29) is 90.6 Å². The zero-order valence-corrected chi connectivity index (χ0v) is 50.8. The van der Waals surface area contributed by atoms with Crippen LogP contribution in [-0.2, 0) is 32.0 Å². The third-order valence-corrected chi connectivity index (χ3v) is 9.67. The van der Waals surface area contributed by atoms with Crippen molar-refractivity contribution in [3.63, 3.8) is 0 Å². The van der Waals surface area contributed by atoms with E-state index in [1.807, 2.05) is 0 Å². The first kappa shape index (κ1) is 70.3. The van der Waals surface area contributed by atoms with Crippen molar-refractivity contribution in [2.45, 2.75) is 94.5 Å². The number of amides is 4. The van der Waals surface area contributed by atoms with E-state index in [1.165, 1.54) is 91.2 Å². The van der Waals surface area contributed by atoms with Crippen molar-refractivity contribution in [2.24, 2.45) is 0 Å². The molecule has 4 N–H and O–H groups in total. The average molecular weight is 1140 g/mol. The number of hydrogen-bond acceptors (Lipinski definition) is 18. The van der Waals surface area contributed by atoms with E-state index < -0.39 is 68.4 Å². The molecule has 0 saturated heterocycles. The first-order valence-corrected chi connectivity index (χ1v) is 40.0. The van der Waals surface area contributed by atoms with Gasteiger partial charge in [0.2, 0.25) is 23.4 Å². The molecule has 3 heterocycles. The SMILES string of the molecule is C.C.C=CCOc1cc(N(Cc2cccc(N(CC=C)C(=O)OC(C)(C)C)c2)C(=O)OCC)c([N+](=O)[O-])c(N)n1.CCOC(=O)N1Cc2cccc(c2)N(C(=O)OC(C)(C)C)C/C=C/COc2cc1c([N+](=O)[O-])c(N)n2.[K][K]. The number of hydrogen-bond donors (Lipinski definition) is 2. The standard InChI is InChI=1S/C26H33N5O7.C24H29N5O7.2CH4.2K/c1-7-13-29(25(33)38-26(4,5)6)19-12-10-11-18(15-19)17-30(24(32)36-9-3)20-16-21(37-14-8-2)28-23(27)22(20)31(34)35;1-5-34-22(30)28-15-16-9-8-10-17(13-16)27(23(31)36-24(2,3)4)11-6-7-12-35-19-14-18(28)20(29(32)33)21(25)26-19;;;;/h7-8,10-12,15-16H,1-2,9,13-14,17H2,3-6H3,(H2,27,28);6-10,13-14H,5,11-12,15H2,1-4H3,(H2,25,26);2*1H4;;/b;7-6+;;;;. The molecule has 4 aromatic rings. The Balaban J connectivity index is 0.000000738. The molecule has 2 aromatic heterocycles. The molecule has 1 aliphatic heterocycles. The van der Waals surface area contributed by atoms with Gasteiger partial charge < -0.3 is 39.9 Å². The second-order valence-electron chi connectivity index (χ2n) is 17.7. The molecule has 0 atom stereocenters. The predicted molar refractivity (Wildman–Crippen MR) is 303 cm³/mol. The fourth-order valence-electron chi connectivity index (χ4n) is 6.74. The Labute approximate surface area is 501 Å². The maximum absolute atomic E-state index is 13.0. The van der Waals surface area contributed by atoms with Gasteiger partial charge in [0, 0.05) is 36.6 Å². The average Bonchev–Trinajstić information content (AvgIpc) is 3.33. The van der Waals surface area contributed by atoms with E-state index >= 15 is 0 Å². The van der Waals surface area contributed by atoms with Gasteiger partial charge in [0.25, 0.3) is 0 Å². The number of nitrogen functional groups attached to an aromatic ring is 2. The van der Waals surface area contributed by atoms with Gasteiger partial charge in [0.15, 0.2) is 0 Å². The summed E-state index contributed by atoms with van der Waals surface area (Å²) in [6.07, 6.45) is 3.59. The van der Waals surface area contributed by atoms with Crippen LogP contribution in [0.2, 0.25) is 0 Å². The number of rotatable bonds is 13. The quantitative estimate of drug-likeness (QED) is 0.0413. The minimum atomic E-state index is -0.851. The van der Waals surface area contributed by atoms with Gasteiger partial charge in [-0.1, -0.05) is 63.9 Å². The van der Waals surface area contributed by atoms with Crippen LogP contribution in [0.4, 0.5) is 64.9 Å². The van der Waals surface area contributed by atoms with Crippen molar-refractivity contribution in [2.75, 3.05) is 70.6 Å². The number of nitrogens with two attached hydrogens (primary N) is 2. The Bertz CT molecular complexity index is 2750. The fourth-order valence-corrected chi connectivity index (χ4v) is 6.74. The van der Waals surface area contributed by atoms with Crippen LogP contribution < -0.4 is 40.5 Å². The van der Waals surface area contributed by atoms with E-state index in [0.717, 1.165) is 9.80 Å². The van der Waals surface area contributed by atoms with Crippen molar-refractivity contribution < 1.29 is 57.4 Å². The van der Waals surface area contributed by atoms with Crippen molar-refractivity contribution in [1.82, 2.24) is 9.97 Å². The number of benzene rings is 2. The van der Waals surface area contributed by atoms with Crippen LogP contribution >= 0.6 is 0 Å². The van der Waals surface area contributed by atoms with Crippen molar-refractivity contribution >= 4 is 133 Å². The summed E-state index contributed by atoms with van der Waals surface area (Å²) in [4.78, 5) is 86.9. The summed E-state index contributed by atoms with van der Waals surface area (Å²) < 4.78 is 32.5. The Morgan fingerprint density at radius 1 is 0.782 bits per heavy atom. The summed E-state index contributed by atoms with van der Waals surface area (Å²) in [7, 11) is 0. The summed E-state index contributed by atoms with van der Waals surface area (Å²) in [6.45, 7) is 21.3. The van der Waals surface area contributed by atoms with Gasteiger partial charge in [-0.15, -0.1) is 6.58 Å². The number of carbonyl (C=O) groups is 4. The topological polar surface area (TPSA) is 301 Å². The minimum absolute atomic E-state index is 0. The van der Waals surface area contributed by atoms with Crippen molar-refractivity contribution in [3.05, 3.63) is 129 Å². The molecule has 0 unspecified atom stereocenters. The van der Waals surface area contributed by atoms with Crippen LogP contribution in [0.3, 0.4) is 0 Å². The number of pyridine rings is 2. The van der Waals surface area contributed by atoms with E-state index in [1.54, 1.807) is 122 Å². The molecule has 78 heavy (non-hydrogen) atoms. The van der Waals surface area contributed by atoms with Crippen LogP contribution in [-0.4, -0.2) is 158 Å². The van der Waals surface area contributed by atoms with E-state index in [4.69, 9.17) is 39.9 Å². The van der Waals surface area contributed by atoms with E-state index in [0.29, 0.717) is 22.5 Å². The van der Waals surface area contributed by atoms with Crippen molar-refractivity contribution in [3.8, 4) is 11.8 Å². The fraction of sp³-hybridized carbons (Fsp3) is 0.385. The summed E-state index contributed by atoms with van der Waals surface area (Å²) in [6, 6.07) is 16.1. The van der Waals surface area contributed by atoms with Crippen LogP contribution in [0.25, 0.3) is 0 Å². The summed E-state index contributed by atoms with van der Waals surface area (Å²) in [5.41, 5.74) is 11.0. The van der Waals surface area contributed by atoms with Crippen LogP contribution in [0, 0.1) is 20.2 Å². The number of anilines is 6. The number of nitro groups is 2. The monoisotopic (exact) mass is 1140 g/mol. The zero-order chi connectivity index (χ0) is 56.9. The Morgan fingerprint density at radius 2 is 1.41 bits per heavy atom. The molecule has 0 spiro atoms. The zero-order valence-electron chi connectivity index (χ0n) is 44.6. The Morgan fingerprint density at radius 3 is 2.00 bits per heavy atom. The van der Waals surface area contributed by atoms with Crippen LogP contribution in [0.5, 0.6) is 11.8 Å². The van der Waals surface area contributed by atoms with Gasteiger partial charge in [0.1, 0.15) is 35.8 Å². The molecule has 5 rings (SSSR count). The Hall–Kier alpha value is -5.69. The predicted octanol–water partition coefficient (Wildman–Crippen LogP) is 10.2. The molecule has 0 fully saturated rings. The van der Waals surface area contributed by atoms with Crippen LogP contribution in [0.15, 0.2) is 98.1 Å². The summed E-state index contributed by atoms with van der Waals surface area (Å²) in [5, 5.41) is 23.7. The number of aromatic nitrogens is 2. The molecule has 4 amide bonds. The van der Waals surface area contributed by atoms with Gasteiger partial charge >= 0.3 is 98.9 Å². The molecule has 24 nitrogen and oxygen atoms in total. The summed E-state index contributed by atoms with van der Waals surface area (Å²) in [5.74, 6) is -0.880. The van der Waals surface area contributed by atoms with Gasteiger partial charge in [0.05, 0.1) is 36.1 Å². The van der Waals surface area contributed by atoms with Gasteiger partial charge in [-0.2, -0.15) is 9.97 Å². The molecule has 2 aromatic carbocycles. The molecule has 414 valence electrons. The molecule has 0 radical (unpaired) electrons.